The number of hydrogen-bond donors (Lipinski definition) is 2. The first-order valence-electron chi connectivity index (χ1n) is 5.21. The highest BCUT2D eigenvalue weighted by molar-refractivity contribution is 5.82. The number of hydrogen-bond acceptors (Lipinski definition) is 3. The van der Waals surface area contributed by atoms with Gasteiger partial charge in [-0.3, -0.25) is 4.79 Å². The number of nitrogens with two attached hydrogens (primary N) is 1. The first kappa shape index (κ1) is 11.5. The van der Waals surface area contributed by atoms with Crippen molar-refractivity contribution < 1.29 is 9.90 Å². The molecule has 14 heavy (non-hydrogen) atoms. The van der Waals surface area contributed by atoms with Gasteiger partial charge < -0.3 is 15.7 Å². The second-order valence-electron chi connectivity index (χ2n) is 4.39. The Morgan fingerprint density at radius 3 is 2.71 bits per heavy atom. The lowest BCUT2D eigenvalue weighted by Crippen LogP contribution is -2.45. The van der Waals surface area contributed by atoms with E-state index in [2.05, 4.69) is 0 Å². The summed E-state index contributed by atoms with van der Waals surface area (Å²) in [5.74, 6) is 0.449. The third-order valence-electron chi connectivity index (χ3n) is 2.86. The summed E-state index contributed by atoms with van der Waals surface area (Å²) in [7, 11) is 0. The van der Waals surface area contributed by atoms with E-state index in [4.69, 9.17) is 10.8 Å². The van der Waals surface area contributed by atoms with E-state index in [0.29, 0.717) is 6.54 Å². The minimum Gasteiger partial charge on any atom is -0.396 e. The molecule has 4 nitrogen and oxygen atoms in total. The predicted octanol–water partition coefficient (Wildman–Crippen LogP) is -0.189. The molecule has 82 valence electrons. The molecular formula is C10H20N2O2. The van der Waals surface area contributed by atoms with E-state index in [1.807, 2.05) is 13.8 Å². The Balaban J connectivity index is 2.47. The molecule has 1 amide bonds. The highest BCUT2D eigenvalue weighted by Crippen LogP contribution is 2.17. The summed E-state index contributed by atoms with van der Waals surface area (Å²) in [5, 5.41) is 8.94. The Morgan fingerprint density at radius 1 is 1.64 bits per heavy atom. The molecule has 4 heteroatoms. The molecule has 0 aliphatic carbocycles. The Bertz CT molecular complexity index is 206. The van der Waals surface area contributed by atoms with Gasteiger partial charge in [0.2, 0.25) is 5.91 Å². The second-order valence-corrected chi connectivity index (χ2v) is 4.39. The molecule has 0 radical (unpaired) electrons. The lowest BCUT2D eigenvalue weighted by molar-refractivity contribution is -0.132. The summed E-state index contributed by atoms with van der Waals surface area (Å²) in [6.45, 7) is 5.46. The lowest BCUT2D eigenvalue weighted by Gasteiger charge is -2.22. The molecule has 1 saturated heterocycles. The molecule has 0 aromatic carbocycles. The monoisotopic (exact) mass is 200 g/mol. The van der Waals surface area contributed by atoms with Crippen LogP contribution in [0.25, 0.3) is 0 Å². The second kappa shape index (κ2) is 4.75. The molecule has 2 unspecified atom stereocenters. The molecule has 0 spiro atoms. The van der Waals surface area contributed by atoms with Crippen LogP contribution in [0.5, 0.6) is 0 Å². The molecule has 1 heterocycles. The van der Waals surface area contributed by atoms with Crippen LogP contribution < -0.4 is 5.73 Å². The standard InChI is InChI=1S/C10H20N2O2/c1-7(2)9(11)10(14)12-4-3-8(5-12)6-13/h7-9,13H,3-6,11H2,1-2H3. The van der Waals surface area contributed by atoms with Crippen LogP contribution in [0.3, 0.4) is 0 Å². The normalized spacial score (nSPS) is 24.4. The van der Waals surface area contributed by atoms with Crippen molar-refractivity contribution in [2.24, 2.45) is 17.6 Å². The molecule has 3 N–H and O–H groups in total. The molecule has 1 aliphatic rings. The highest BCUT2D eigenvalue weighted by Gasteiger charge is 2.29. The zero-order valence-electron chi connectivity index (χ0n) is 8.94. The van der Waals surface area contributed by atoms with Crippen molar-refractivity contribution in [2.45, 2.75) is 26.3 Å². The number of aliphatic hydroxyl groups excluding tert-OH is 1. The van der Waals surface area contributed by atoms with E-state index in [-0.39, 0.29) is 24.3 Å². The first-order chi connectivity index (χ1) is 6.56. The topological polar surface area (TPSA) is 66.6 Å². The molecule has 1 rings (SSSR count). The quantitative estimate of drug-likeness (QED) is 0.663. The fraction of sp³-hybridized carbons (Fsp3) is 0.900. The van der Waals surface area contributed by atoms with Crippen molar-refractivity contribution in [2.75, 3.05) is 19.7 Å². The van der Waals surface area contributed by atoms with Crippen molar-refractivity contribution in [3.05, 3.63) is 0 Å². The van der Waals surface area contributed by atoms with Gasteiger partial charge in [-0.1, -0.05) is 13.8 Å². The van der Waals surface area contributed by atoms with E-state index < -0.39 is 6.04 Å². The molecular weight excluding hydrogens is 180 g/mol. The van der Waals surface area contributed by atoms with Crippen LogP contribution in [-0.2, 0) is 4.79 Å². The fourth-order valence-corrected chi connectivity index (χ4v) is 1.68. The highest BCUT2D eigenvalue weighted by atomic mass is 16.3. The summed E-state index contributed by atoms with van der Waals surface area (Å²) in [6.07, 6.45) is 0.896. The Hall–Kier alpha value is -0.610. The number of amides is 1. The van der Waals surface area contributed by atoms with Crippen molar-refractivity contribution in [1.82, 2.24) is 4.90 Å². The average Bonchev–Trinajstić information content (AvgIpc) is 2.63. The summed E-state index contributed by atoms with van der Waals surface area (Å²) >= 11 is 0. The molecule has 2 atom stereocenters. The van der Waals surface area contributed by atoms with Gasteiger partial charge in [0.05, 0.1) is 6.04 Å². The minimum atomic E-state index is -0.396. The van der Waals surface area contributed by atoms with Gasteiger partial charge in [-0.25, -0.2) is 0 Å². The Labute approximate surface area is 85.1 Å². The van der Waals surface area contributed by atoms with E-state index in [1.165, 1.54) is 0 Å². The van der Waals surface area contributed by atoms with Crippen LogP contribution in [0.4, 0.5) is 0 Å². The number of carbonyl (C=O) groups is 1. The molecule has 0 saturated carbocycles. The zero-order chi connectivity index (χ0) is 10.7. The first-order valence-corrected chi connectivity index (χ1v) is 5.21. The number of nitrogens with zero attached hydrogens (tertiary/aromatic N) is 1. The molecule has 1 fully saturated rings. The van der Waals surface area contributed by atoms with Crippen LogP contribution in [0, 0.1) is 11.8 Å². The van der Waals surface area contributed by atoms with Crippen LogP contribution in [0.2, 0.25) is 0 Å². The van der Waals surface area contributed by atoms with Gasteiger partial charge in [0.1, 0.15) is 0 Å². The molecule has 0 bridgehead atoms. The van der Waals surface area contributed by atoms with Gasteiger partial charge in [-0.15, -0.1) is 0 Å². The van der Waals surface area contributed by atoms with Crippen LogP contribution in [0.1, 0.15) is 20.3 Å². The van der Waals surface area contributed by atoms with Crippen molar-refractivity contribution in [3.8, 4) is 0 Å². The third kappa shape index (κ3) is 2.45. The lowest BCUT2D eigenvalue weighted by atomic mass is 10.0. The van der Waals surface area contributed by atoms with E-state index in [9.17, 15) is 4.79 Å². The zero-order valence-corrected chi connectivity index (χ0v) is 8.94. The van der Waals surface area contributed by atoms with E-state index >= 15 is 0 Å². The summed E-state index contributed by atoms with van der Waals surface area (Å²) in [6, 6.07) is -0.396. The number of likely N-dealkylation sites (tertiary alicyclic amines) is 1. The SMILES string of the molecule is CC(C)C(N)C(=O)N1CCC(CO)C1. The van der Waals surface area contributed by atoms with Gasteiger partial charge in [-0.2, -0.15) is 0 Å². The average molecular weight is 200 g/mol. The van der Waals surface area contributed by atoms with Gasteiger partial charge in [-0.05, 0) is 12.3 Å². The maximum Gasteiger partial charge on any atom is 0.239 e. The molecule has 0 aromatic rings. The Kier molecular flexibility index (Phi) is 3.89. The van der Waals surface area contributed by atoms with Gasteiger partial charge in [0, 0.05) is 25.6 Å². The third-order valence-corrected chi connectivity index (χ3v) is 2.86. The van der Waals surface area contributed by atoms with Crippen molar-refractivity contribution >= 4 is 5.91 Å². The summed E-state index contributed by atoms with van der Waals surface area (Å²) in [5.41, 5.74) is 5.77. The van der Waals surface area contributed by atoms with Crippen LogP contribution in [0.15, 0.2) is 0 Å². The predicted molar refractivity (Wildman–Crippen MR) is 54.6 cm³/mol. The maximum atomic E-state index is 11.8. The maximum absolute atomic E-state index is 11.8. The summed E-state index contributed by atoms with van der Waals surface area (Å²) < 4.78 is 0. The van der Waals surface area contributed by atoms with Gasteiger partial charge in [0.25, 0.3) is 0 Å². The van der Waals surface area contributed by atoms with E-state index in [1.54, 1.807) is 4.90 Å². The van der Waals surface area contributed by atoms with Crippen molar-refractivity contribution in [3.63, 3.8) is 0 Å². The van der Waals surface area contributed by atoms with Crippen molar-refractivity contribution in [1.29, 1.82) is 0 Å². The fourth-order valence-electron chi connectivity index (χ4n) is 1.68. The smallest absolute Gasteiger partial charge is 0.239 e. The van der Waals surface area contributed by atoms with Crippen LogP contribution >= 0.6 is 0 Å². The number of carbonyl (C=O) groups excluding carboxylic acids is 1. The largest absolute Gasteiger partial charge is 0.396 e. The van der Waals surface area contributed by atoms with E-state index in [0.717, 1.165) is 13.0 Å². The minimum absolute atomic E-state index is 0.0240. The summed E-state index contributed by atoms with van der Waals surface area (Å²) in [4.78, 5) is 13.5. The Morgan fingerprint density at radius 2 is 2.29 bits per heavy atom. The molecule has 1 aliphatic heterocycles. The molecule has 0 aromatic heterocycles. The number of rotatable bonds is 3. The van der Waals surface area contributed by atoms with Gasteiger partial charge in [0.15, 0.2) is 0 Å². The van der Waals surface area contributed by atoms with Gasteiger partial charge >= 0.3 is 0 Å². The number of aliphatic hydroxyl groups is 1. The van der Waals surface area contributed by atoms with Crippen LogP contribution in [-0.4, -0.2) is 41.7 Å².